The number of anilines is 2. The molecule has 0 bridgehead atoms. The highest BCUT2D eigenvalue weighted by Crippen LogP contribution is 2.33. The van der Waals surface area contributed by atoms with Crippen LogP contribution in [0.2, 0.25) is 0 Å². The Kier molecular flexibility index (Phi) is 5.69. The molecule has 0 atom stereocenters. The third-order valence-electron chi connectivity index (χ3n) is 5.70. The molecular weight excluding hydrogens is 411 g/mol. The van der Waals surface area contributed by atoms with E-state index in [1.807, 2.05) is 18.2 Å². The summed E-state index contributed by atoms with van der Waals surface area (Å²) in [6, 6.07) is 13.2. The van der Waals surface area contributed by atoms with Crippen molar-refractivity contribution in [3.63, 3.8) is 0 Å². The lowest BCUT2D eigenvalue weighted by Gasteiger charge is -2.42. The first kappa shape index (κ1) is 20.7. The Morgan fingerprint density at radius 2 is 1.73 bits per heavy atom. The molecule has 1 amide bonds. The van der Waals surface area contributed by atoms with Gasteiger partial charge in [0.15, 0.2) is 0 Å². The first-order chi connectivity index (χ1) is 14.3. The molecule has 30 heavy (non-hydrogen) atoms. The zero-order valence-electron chi connectivity index (χ0n) is 16.3. The van der Waals surface area contributed by atoms with E-state index in [2.05, 4.69) is 16.3 Å². The maximum atomic E-state index is 12.7. The predicted octanol–water partition coefficient (Wildman–Crippen LogP) is 4.50. The van der Waals surface area contributed by atoms with E-state index in [0.717, 1.165) is 41.3 Å². The minimum atomic E-state index is -4.37. The molecule has 2 aromatic carbocycles. The molecule has 0 saturated carbocycles. The van der Waals surface area contributed by atoms with Crippen molar-refractivity contribution in [3.8, 4) is 0 Å². The van der Waals surface area contributed by atoms with Crippen molar-refractivity contribution in [1.29, 1.82) is 0 Å². The quantitative estimate of drug-likeness (QED) is 0.723. The van der Waals surface area contributed by atoms with Crippen molar-refractivity contribution in [2.75, 3.05) is 29.9 Å². The number of hydrogen-bond acceptors (Lipinski definition) is 3. The van der Waals surface area contributed by atoms with Crippen molar-refractivity contribution < 1.29 is 18.0 Å². The van der Waals surface area contributed by atoms with Gasteiger partial charge in [0.2, 0.25) is 5.91 Å². The first-order valence-corrected chi connectivity index (χ1v) is 10.3. The summed E-state index contributed by atoms with van der Waals surface area (Å²) < 4.78 is 38.1. The van der Waals surface area contributed by atoms with Crippen LogP contribution in [0.3, 0.4) is 0 Å². The molecule has 2 aliphatic rings. The Labute approximate surface area is 178 Å². The zero-order chi connectivity index (χ0) is 21.3. The minimum Gasteiger partial charge on any atom is -0.360 e. The van der Waals surface area contributed by atoms with Gasteiger partial charge in [-0.3, -0.25) is 4.79 Å². The molecule has 1 N–H and O–H groups in total. The van der Waals surface area contributed by atoms with E-state index < -0.39 is 11.7 Å². The average molecular weight is 433 g/mol. The molecule has 2 heterocycles. The number of carbonyl (C=O) groups excluding carboxylic acids is 1. The number of piperidine rings is 1. The van der Waals surface area contributed by atoms with Crippen LogP contribution in [-0.2, 0) is 17.4 Å². The zero-order valence-corrected chi connectivity index (χ0v) is 17.1. The van der Waals surface area contributed by atoms with Crippen LogP contribution in [0, 0.1) is 0 Å². The Hall–Kier alpha value is -2.61. The number of halogens is 3. The number of rotatable bonds is 3. The number of hydrogen-bond donors (Lipinski definition) is 1. The summed E-state index contributed by atoms with van der Waals surface area (Å²) in [6.45, 7) is 1.92. The summed E-state index contributed by atoms with van der Waals surface area (Å²) in [5.41, 5.74) is 2.03. The molecule has 2 aromatic rings. The van der Waals surface area contributed by atoms with E-state index in [-0.39, 0.29) is 12.3 Å². The number of carbonyl (C=O) groups is 1. The van der Waals surface area contributed by atoms with E-state index in [1.165, 1.54) is 12.1 Å². The highest BCUT2D eigenvalue weighted by atomic mass is 32.1. The van der Waals surface area contributed by atoms with Gasteiger partial charge in [-0.2, -0.15) is 13.2 Å². The van der Waals surface area contributed by atoms with E-state index in [1.54, 1.807) is 4.90 Å². The fourth-order valence-electron chi connectivity index (χ4n) is 4.11. The summed E-state index contributed by atoms with van der Waals surface area (Å²) in [6.07, 6.45) is -2.59. The van der Waals surface area contributed by atoms with Crippen LogP contribution in [0.1, 0.15) is 24.0 Å². The lowest BCUT2D eigenvalue weighted by molar-refractivity contribution is -0.137. The molecule has 4 rings (SSSR count). The first-order valence-electron chi connectivity index (χ1n) is 9.91. The molecule has 0 spiro atoms. The van der Waals surface area contributed by atoms with Gasteiger partial charge in [0, 0.05) is 19.1 Å². The third-order valence-corrected chi connectivity index (χ3v) is 5.93. The van der Waals surface area contributed by atoms with E-state index >= 15 is 0 Å². The highest BCUT2D eigenvalue weighted by Gasteiger charge is 2.32. The van der Waals surface area contributed by atoms with Crippen LogP contribution < -0.4 is 10.2 Å². The van der Waals surface area contributed by atoms with Crippen LogP contribution in [0.15, 0.2) is 48.5 Å². The highest BCUT2D eigenvalue weighted by molar-refractivity contribution is 7.80. The summed E-state index contributed by atoms with van der Waals surface area (Å²) >= 11 is 5.41. The van der Waals surface area contributed by atoms with Gasteiger partial charge in [-0.15, -0.1) is 0 Å². The van der Waals surface area contributed by atoms with Gasteiger partial charge in [0.05, 0.1) is 34.9 Å². The second-order valence-corrected chi connectivity index (χ2v) is 8.17. The molecule has 1 saturated heterocycles. The van der Waals surface area contributed by atoms with Gasteiger partial charge < -0.3 is 15.1 Å². The molecule has 4 nitrogen and oxygen atoms in total. The second-order valence-electron chi connectivity index (χ2n) is 7.68. The fourth-order valence-corrected chi connectivity index (χ4v) is 4.36. The van der Waals surface area contributed by atoms with Crippen LogP contribution in [0.25, 0.3) is 0 Å². The molecule has 0 radical (unpaired) electrons. The number of likely N-dealkylation sites (tertiary alicyclic amines) is 1. The summed E-state index contributed by atoms with van der Waals surface area (Å²) in [5.74, 6) is -0.0514. The Bertz CT molecular complexity index is 937. The van der Waals surface area contributed by atoms with Crippen LogP contribution in [0.4, 0.5) is 24.5 Å². The Balaban J connectivity index is 1.36. The maximum Gasteiger partial charge on any atom is 0.416 e. The van der Waals surface area contributed by atoms with Crippen molar-refractivity contribution in [1.82, 2.24) is 4.90 Å². The van der Waals surface area contributed by atoms with Crippen molar-refractivity contribution >= 4 is 34.5 Å². The lowest BCUT2D eigenvalue weighted by atomic mass is 10.00. The number of para-hydroxylation sites is 2. The molecule has 8 heteroatoms. The average Bonchev–Trinajstić information content (AvgIpc) is 2.73. The largest absolute Gasteiger partial charge is 0.416 e. The summed E-state index contributed by atoms with van der Waals surface area (Å²) in [7, 11) is 0. The summed E-state index contributed by atoms with van der Waals surface area (Å²) in [4.78, 5) is 17.5. The summed E-state index contributed by atoms with van der Waals surface area (Å²) in [5, 5.41) is 3.25. The van der Waals surface area contributed by atoms with Gasteiger partial charge in [0.25, 0.3) is 0 Å². The predicted molar refractivity (Wildman–Crippen MR) is 115 cm³/mol. The van der Waals surface area contributed by atoms with Gasteiger partial charge in [-0.1, -0.05) is 36.5 Å². The standard InChI is InChI=1S/C22H22F3N3OS/c23-22(24,25)16-7-5-15(6-8-16)13-21(29)27-11-9-17(10-12-27)28-14-20(30)26-18-3-1-2-4-19(18)28/h1-8,17H,9-14H2,(H,26,30). The molecule has 2 aliphatic heterocycles. The van der Waals surface area contributed by atoms with Gasteiger partial charge in [-0.25, -0.2) is 0 Å². The number of alkyl halides is 3. The molecule has 0 aliphatic carbocycles. The third kappa shape index (κ3) is 4.43. The van der Waals surface area contributed by atoms with Gasteiger partial charge >= 0.3 is 6.18 Å². The molecule has 158 valence electrons. The minimum absolute atomic E-state index is 0.0514. The van der Waals surface area contributed by atoms with Gasteiger partial charge in [0.1, 0.15) is 0 Å². The number of fused-ring (bicyclic) bond motifs is 1. The molecule has 0 aromatic heterocycles. The topological polar surface area (TPSA) is 35.6 Å². The van der Waals surface area contributed by atoms with Crippen molar-refractivity contribution in [2.45, 2.75) is 31.5 Å². The molecule has 0 unspecified atom stereocenters. The van der Waals surface area contributed by atoms with Crippen LogP contribution in [-0.4, -0.2) is 41.5 Å². The fraction of sp³-hybridized carbons (Fsp3) is 0.364. The molecular formula is C22H22F3N3OS. The van der Waals surface area contributed by atoms with E-state index in [0.29, 0.717) is 31.2 Å². The number of nitrogens with one attached hydrogen (secondary N) is 1. The number of thiocarbonyl (C=S) groups is 1. The number of amides is 1. The lowest BCUT2D eigenvalue weighted by Crippen LogP contribution is -2.50. The normalized spacial score (nSPS) is 17.5. The smallest absolute Gasteiger partial charge is 0.360 e. The van der Waals surface area contributed by atoms with Crippen LogP contribution >= 0.6 is 12.2 Å². The van der Waals surface area contributed by atoms with Crippen molar-refractivity contribution in [3.05, 3.63) is 59.7 Å². The van der Waals surface area contributed by atoms with Crippen molar-refractivity contribution in [2.24, 2.45) is 0 Å². The monoisotopic (exact) mass is 433 g/mol. The second kappa shape index (κ2) is 8.26. The Morgan fingerprint density at radius 1 is 1.07 bits per heavy atom. The van der Waals surface area contributed by atoms with E-state index in [9.17, 15) is 18.0 Å². The van der Waals surface area contributed by atoms with Gasteiger partial charge in [-0.05, 0) is 42.7 Å². The number of nitrogens with zero attached hydrogens (tertiary/aromatic N) is 2. The Morgan fingerprint density at radius 3 is 2.40 bits per heavy atom. The molecule has 1 fully saturated rings. The maximum absolute atomic E-state index is 12.7. The van der Waals surface area contributed by atoms with Crippen LogP contribution in [0.5, 0.6) is 0 Å². The SMILES string of the molecule is O=C(Cc1ccc(C(F)(F)F)cc1)N1CCC(N2CC(=S)Nc3ccccc32)CC1. The number of benzene rings is 2. The van der Waals surface area contributed by atoms with E-state index in [4.69, 9.17) is 12.2 Å².